The number of hydrogen-bond donors (Lipinski definition) is 1. The summed E-state index contributed by atoms with van der Waals surface area (Å²) in [5.74, 6) is 0. The number of hydrogen-bond acceptors (Lipinski definition) is 3. The summed E-state index contributed by atoms with van der Waals surface area (Å²) in [6.07, 6.45) is 4.77. The fraction of sp³-hybridized carbons (Fsp3) is 0.429. The van der Waals surface area contributed by atoms with Crippen molar-refractivity contribution in [1.82, 2.24) is 9.78 Å². The quantitative estimate of drug-likeness (QED) is 0.647. The molecule has 0 atom stereocenters. The van der Waals surface area contributed by atoms with E-state index in [1.165, 1.54) is 0 Å². The number of nitrogens with two attached hydrogens (primary N) is 1. The van der Waals surface area contributed by atoms with Gasteiger partial charge in [-0.2, -0.15) is 10.4 Å². The van der Waals surface area contributed by atoms with E-state index >= 15 is 0 Å². The maximum atomic E-state index is 8.25. The molecule has 1 rings (SSSR count). The smallest absolute Gasteiger partial charge is 0.0719 e. The minimum Gasteiger partial charge on any atom is -0.396 e. The molecule has 0 fully saturated rings. The van der Waals surface area contributed by atoms with Crippen molar-refractivity contribution in [2.75, 3.05) is 5.73 Å². The van der Waals surface area contributed by atoms with E-state index in [-0.39, 0.29) is 0 Å². The average Bonchev–Trinajstić information content (AvgIpc) is 2.37. The van der Waals surface area contributed by atoms with Crippen molar-refractivity contribution in [1.29, 1.82) is 5.26 Å². The predicted octanol–water partition coefficient (Wildman–Crippen LogP) is 0.769. The van der Waals surface area contributed by atoms with Crippen molar-refractivity contribution in [2.24, 2.45) is 0 Å². The Morgan fingerprint density at radius 3 is 3.09 bits per heavy atom. The first-order chi connectivity index (χ1) is 5.33. The summed E-state index contributed by atoms with van der Waals surface area (Å²) in [5, 5.41) is 12.2. The minimum atomic E-state index is 0.569. The molecule has 0 spiro atoms. The third kappa shape index (κ3) is 2.30. The Kier molecular flexibility index (Phi) is 2.50. The summed E-state index contributed by atoms with van der Waals surface area (Å²) < 4.78 is 1.74. The van der Waals surface area contributed by atoms with Gasteiger partial charge in [-0.1, -0.05) is 0 Å². The maximum Gasteiger partial charge on any atom is 0.0719 e. The lowest BCUT2D eigenvalue weighted by atomic mass is 10.3. The molecule has 4 heteroatoms. The summed E-state index contributed by atoms with van der Waals surface area (Å²) >= 11 is 0. The van der Waals surface area contributed by atoms with E-state index in [0.29, 0.717) is 12.1 Å². The second kappa shape index (κ2) is 3.62. The van der Waals surface area contributed by atoms with Crippen molar-refractivity contribution in [3.63, 3.8) is 0 Å². The Morgan fingerprint density at radius 2 is 2.55 bits per heavy atom. The molecule has 1 aromatic rings. The highest BCUT2D eigenvalue weighted by molar-refractivity contribution is 5.30. The second-order valence-corrected chi connectivity index (χ2v) is 2.30. The second-order valence-electron chi connectivity index (χ2n) is 2.30. The molecule has 1 heterocycles. The highest BCUT2D eigenvalue weighted by Crippen LogP contribution is 1.99. The zero-order chi connectivity index (χ0) is 8.10. The number of aromatic nitrogens is 2. The molecule has 0 saturated carbocycles. The van der Waals surface area contributed by atoms with Crippen molar-refractivity contribution < 1.29 is 0 Å². The summed E-state index contributed by atoms with van der Waals surface area (Å²) in [7, 11) is 0. The van der Waals surface area contributed by atoms with Crippen molar-refractivity contribution >= 4 is 5.69 Å². The van der Waals surface area contributed by atoms with Gasteiger partial charge < -0.3 is 5.73 Å². The fourth-order valence-electron chi connectivity index (χ4n) is 0.822. The zero-order valence-corrected chi connectivity index (χ0v) is 6.20. The normalized spacial score (nSPS) is 9.36. The van der Waals surface area contributed by atoms with E-state index < -0.39 is 0 Å². The van der Waals surface area contributed by atoms with Crippen LogP contribution in [0.5, 0.6) is 0 Å². The Bertz CT molecular complexity index is 258. The molecule has 0 aliphatic heterocycles. The number of unbranched alkanes of at least 4 members (excludes halogenated alkanes) is 1. The predicted molar refractivity (Wildman–Crippen MR) is 41.5 cm³/mol. The average molecular weight is 150 g/mol. The highest BCUT2D eigenvalue weighted by Gasteiger charge is 1.92. The van der Waals surface area contributed by atoms with Crippen LogP contribution in [0.25, 0.3) is 0 Å². The van der Waals surface area contributed by atoms with Gasteiger partial charge in [0.15, 0.2) is 0 Å². The molecular formula is C7H10N4. The minimum absolute atomic E-state index is 0.569. The first kappa shape index (κ1) is 7.61. The lowest BCUT2D eigenvalue weighted by molar-refractivity contribution is 0.586. The van der Waals surface area contributed by atoms with Gasteiger partial charge in [0.05, 0.1) is 18.0 Å². The van der Waals surface area contributed by atoms with Gasteiger partial charge in [-0.15, -0.1) is 0 Å². The Labute approximate surface area is 65.2 Å². The number of nitrogens with zero attached hydrogens (tertiary/aromatic N) is 3. The maximum absolute atomic E-state index is 8.25. The van der Waals surface area contributed by atoms with Gasteiger partial charge in [0.2, 0.25) is 0 Å². The van der Waals surface area contributed by atoms with Crippen molar-refractivity contribution in [2.45, 2.75) is 19.4 Å². The molecule has 11 heavy (non-hydrogen) atoms. The third-order valence-electron chi connectivity index (χ3n) is 1.33. The fourth-order valence-corrected chi connectivity index (χ4v) is 0.822. The van der Waals surface area contributed by atoms with Crippen LogP contribution in [-0.2, 0) is 6.54 Å². The molecule has 1 aromatic heterocycles. The van der Waals surface area contributed by atoms with E-state index in [4.69, 9.17) is 11.0 Å². The monoisotopic (exact) mass is 150 g/mol. The molecule has 0 saturated heterocycles. The molecule has 0 unspecified atom stereocenters. The van der Waals surface area contributed by atoms with Gasteiger partial charge in [-0.05, 0) is 6.42 Å². The topological polar surface area (TPSA) is 67.6 Å². The third-order valence-corrected chi connectivity index (χ3v) is 1.33. The van der Waals surface area contributed by atoms with Crippen LogP contribution in [0, 0.1) is 11.3 Å². The molecule has 0 aliphatic carbocycles. The summed E-state index contributed by atoms with van der Waals surface area (Å²) in [6.45, 7) is 0.769. The SMILES string of the molecule is N#CCCCn1cc(N)cn1. The first-order valence-corrected chi connectivity index (χ1v) is 3.48. The van der Waals surface area contributed by atoms with Gasteiger partial charge >= 0.3 is 0 Å². The molecule has 0 bridgehead atoms. The lowest BCUT2D eigenvalue weighted by Gasteiger charge is -1.95. The van der Waals surface area contributed by atoms with Gasteiger partial charge in [0.1, 0.15) is 0 Å². The van der Waals surface area contributed by atoms with E-state index in [2.05, 4.69) is 11.2 Å². The van der Waals surface area contributed by atoms with Crippen LogP contribution in [0.3, 0.4) is 0 Å². The highest BCUT2D eigenvalue weighted by atomic mass is 15.3. The first-order valence-electron chi connectivity index (χ1n) is 3.48. The Balaban J connectivity index is 2.34. The van der Waals surface area contributed by atoms with E-state index in [0.717, 1.165) is 13.0 Å². The standard InChI is InChI=1S/C7H10N4/c8-3-1-2-4-11-6-7(9)5-10-11/h5-6H,1-2,4,9H2. The number of nitriles is 1. The number of anilines is 1. The van der Waals surface area contributed by atoms with Crippen LogP contribution in [-0.4, -0.2) is 9.78 Å². The van der Waals surface area contributed by atoms with Gasteiger partial charge in [0, 0.05) is 19.2 Å². The van der Waals surface area contributed by atoms with Crippen LogP contribution in [0.1, 0.15) is 12.8 Å². The summed E-state index contributed by atoms with van der Waals surface area (Å²) in [5.41, 5.74) is 6.10. The van der Waals surface area contributed by atoms with Crippen LogP contribution in [0.15, 0.2) is 12.4 Å². The van der Waals surface area contributed by atoms with Crippen LogP contribution < -0.4 is 5.73 Å². The number of nitrogen functional groups attached to an aromatic ring is 1. The largest absolute Gasteiger partial charge is 0.396 e. The molecule has 58 valence electrons. The van der Waals surface area contributed by atoms with Crippen molar-refractivity contribution in [3.8, 4) is 6.07 Å². The molecule has 0 amide bonds. The van der Waals surface area contributed by atoms with Crippen LogP contribution >= 0.6 is 0 Å². The zero-order valence-electron chi connectivity index (χ0n) is 6.20. The number of aryl methyl sites for hydroxylation is 1. The lowest BCUT2D eigenvalue weighted by Crippen LogP contribution is -1.97. The molecule has 4 nitrogen and oxygen atoms in total. The van der Waals surface area contributed by atoms with Gasteiger partial charge in [0.25, 0.3) is 0 Å². The molecule has 2 N–H and O–H groups in total. The summed E-state index contributed by atoms with van der Waals surface area (Å²) in [6, 6.07) is 2.07. The molecular weight excluding hydrogens is 140 g/mol. The Hall–Kier alpha value is -1.50. The van der Waals surface area contributed by atoms with E-state index in [1.54, 1.807) is 17.1 Å². The molecule has 0 aliphatic rings. The van der Waals surface area contributed by atoms with Crippen LogP contribution in [0.2, 0.25) is 0 Å². The van der Waals surface area contributed by atoms with E-state index in [1.807, 2.05) is 0 Å². The van der Waals surface area contributed by atoms with E-state index in [9.17, 15) is 0 Å². The van der Waals surface area contributed by atoms with Gasteiger partial charge in [-0.3, -0.25) is 4.68 Å². The van der Waals surface area contributed by atoms with Crippen LogP contribution in [0.4, 0.5) is 5.69 Å². The van der Waals surface area contributed by atoms with Crippen molar-refractivity contribution in [3.05, 3.63) is 12.4 Å². The number of rotatable bonds is 3. The molecule has 0 radical (unpaired) electrons. The summed E-state index contributed by atoms with van der Waals surface area (Å²) in [4.78, 5) is 0. The Morgan fingerprint density at radius 1 is 1.73 bits per heavy atom. The molecule has 0 aromatic carbocycles. The van der Waals surface area contributed by atoms with Gasteiger partial charge in [-0.25, -0.2) is 0 Å².